The van der Waals surface area contributed by atoms with Crippen LogP contribution in [0.1, 0.15) is 18.4 Å². The third-order valence-corrected chi connectivity index (χ3v) is 3.70. The number of nitrogens with zero attached hydrogens (tertiary/aromatic N) is 1. The van der Waals surface area contributed by atoms with Gasteiger partial charge >= 0.3 is 0 Å². The molecule has 1 amide bonds. The maximum atomic E-state index is 12.7. The van der Waals surface area contributed by atoms with Crippen molar-refractivity contribution < 1.29 is 9.18 Å². The van der Waals surface area contributed by atoms with Crippen molar-refractivity contribution in [2.45, 2.75) is 19.3 Å². The summed E-state index contributed by atoms with van der Waals surface area (Å²) in [7, 11) is 2.13. The summed E-state index contributed by atoms with van der Waals surface area (Å²) in [5, 5.41) is 2.98. The molecule has 0 saturated carbocycles. The quantitative estimate of drug-likeness (QED) is 0.900. The Morgan fingerprint density at radius 1 is 1.32 bits per heavy atom. The number of piperidine rings is 1. The van der Waals surface area contributed by atoms with E-state index >= 15 is 0 Å². The first kappa shape index (κ1) is 14.0. The number of hydrogen-bond donors (Lipinski definition) is 1. The number of amides is 1. The molecule has 1 aliphatic rings. The molecular weight excluding hydrogens is 243 g/mol. The minimum Gasteiger partial charge on any atom is -0.356 e. The van der Waals surface area contributed by atoms with E-state index in [0.29, 0.717) is 12.3 Å². The van der Waals surface area contributed by atoms with E-state index in [2.05, 4.69) is 17.3 Å². The summed E-state index contributed by atoms with van der Waals surface area (Å²) < 4.78 is 12.7. The van der Waals surface area contributed by atoms with E-state index in [1.54, 1.807) is 12.1 Å². The molecule has 1 fully saturated rings. The molecule has 0 atom stereocenters. The zero-order chi connectivity index (χ0) is 13.7. The summed E-state index contributed by atoms with van der Waals surface area (Å²) >= 11 is 0. The molecule has 0 spiro atoms. The Bertz CT molecular complexity index is 411. The van der Waals surface area contributed by atoms with Crippen LogP contribution in [0.2, 0.25) is 0 Å². The molecule has 1 heterocycles. The molecule has 1 saturated heterocycles. The maximum Gasteiger partial charge on any atom is 0.224 e. The van der Waals surface area contributed by atoms with Gasteiger partial charge < -0.3 is 10.2 Å². The molecule has 0 aliphatic carbocycles. The Hall–Kier alpha value is -1.42. The van der Waals surface area contributed by atoms with Crippen molar-refractivity contribution in [2.75, 3.05) is 26.7 Å². The second-order valence-corrected chi connectivity index (χ2v) is 5.35. The molecule has 2 rings (SSSR count). The third-order valence-electron chi connectivity index (χ3n) is 3.70. The molecule has 19 heavy (non-hydrogen) atoms. The van der Waals surface area contributed by atoms with Gasteiger partial charge in [-0.3, -0.25) is 4.79 Å². The Morgan fingerprint density at radius 2 is 1.95 bits per heavy atom. The smallest absolute Gasteiger partial charge is 0.224 e. The number of rotatable bonds is 4. The van der Waals surface area contributed by atoms with Gasteiger partial charge in [-0.15, -0.1) is 0 Å². The first-order valence-electron chi connectivity index (χ1n) is 6.83. The Kier molecular flexibility index (Phi) is 4.91. The minimum absolute atomic E-state index is 0.0190. The standard InChI is InChI=1S/C15H21FN2O/c1-18-8-6-13(7-9-18)11-17-15(19)10-12-2-4-14(16)5-3-12/h2-5,13H,6-11H2,1H3,(H,17,19). The van der Waals surface area contributed by atoms with Crippen molar-refractivity contribution in [1.29, 1.82) is 0 Å². The van der Waals surface area contributed by atoms with E-state index in [9.17, 15) is 9.18 Å². The fraction of sp³-hybridized carbons (Fsp3) is 0.533. The van der Waals surface area contributed by atoms with Crippen molar-refractivity contribution in [2.24, 2.45) is 5.92 Å². The fourth-order valence-electron chi connectivity index (χ4n) is 2.37. The molecular formula is C15H21FN2O. The number of benzene rings is 1. The van der Waals surface area contributed by atoms with Gasteiger partial charge in [0, 0.05) is 6.54 Å². The SMILES string of the molecule is CN1CCC(CNC(=O)Cc2ccc(F)cc2)CC1. The molecule has 1 aromatic carbocycles. The number of likely N-dealkylation sites (tertiary alicyclic amines) is 1. The number of halogens is 1. The molecule has 0 radical (unpaired) electrons. The van der Waals surface area contributed by atoms with Gasteiger partial charge in [-0.1, -0.05) is 12.1 Å². The Labute approximate surface area is 113 Å². The van der Waals surface area contributed by atoms with Crippen molar-refractivity contribution in [3.05, 3.63) is 35.6 Å². The number of carbonyl (C=O) groups excluding carboxylic acids is 1. The van der Waals surface area contributed by atoms with E-state index in [1.165, 1.54) is 12.1 Å². The average molecular weight is 264 g/mol. The monoisotopic (exact) mass is 264 g/mol. The van der Waals surface area contributed by atoms with E-state index < -0.39 is 0 Å². The summed E-state index contributed by atoms with van der Waals surface area (Å²) in [4.78, 5) is 14.1. The fourth-order valence-corrected chi connectivity index (χ4v) is 2.37. The predicted octanol–water partition coefficient (Wildman–Crippen LogP) is 1.83. The molecule has 0 bridgehead atoms. The van der Waals surface area contributed by atoms with Gasteiger partial charge in [0.25, 0.3) is 0 Å². The highest BCUT2D eigenvalue weighted by atomic mass is 19.1. The van der Waals surface area contributed by atoms with Crippen LogP contribution in [-0.2, 0) is 11.2 Å². The summed E-state index contributed by atoms with van der Waals surface area (Å²) in [6, 6.07) is 6.09. The Balaban J connectivity index is 1.71. The van der Waals surface area contributed by atoms with Crippen LogP contribution in [0.5, 0.6) is 0 Å². The topological polar surface area (TPSA) is 32.3 Å². The van der Waals surface area contributed by atoms with Gasteiger partial charge in [0.2, 0.25) is 5.91 Å². The molecule has 4 heteroatoms. The molecule has 0 aromatic heterocycles. The maximum absolute atomic E-state index is 12.7. The number of nitrogens with one attached hydrogen (secondary N) is 1. The summed E-state index contributed by atoms with van der Waals surface area (Å²) in [5.74, 6) is 0.342. The highest BCUT2D eigenvalue weighted by Gasteiger charge is 2.17. The lowest BCUT2D eigenvalue weighted by Gasteiger charge is -2.28. The van der Waals surface area contributed by atoms with Crippen LogP contribution < -0.4 is 5.32 Å². The summed E-state index contributed by atoms with van der Waals surface area (Å²) in [6.45, 7) is 2.98. The second kappa shape index (κ2) is 6.66. The largest absolute Gasteiger partial charge is 0.356 e. The lowest BCUT2D eigenvalue weighted by atomic mass is 9.97. The Morgan fingerprint density at radius 3 is 2.58 bits per heavy atom. The molecule has 104 valence electrons. The van der Waals surface area contributed by atoms with Gasteiger partial charge in [0.15, 0.2) is 0 Å². The van der Waals surface area contributed by atoms with Crippen LogP contribution in [0, 0.1) is 11.7 Å². The second-order valence-electron chi connectivity index (χ2n) is 5.35. The van der Waals surface area contributed by atoms with Gasteiger partial charge in [-0.05, 0) is 56.6 Å². The van der Waals surface area contributed by atoms with Gasteiger partial charge in [0.05, 0.1) is 6.42 Å². The van der Waals surface area contributed by atoms with Crippen molar-refractivity contribution in [3.8, 4) is 0 Å². The molecule has 0 unspecified atom stereocenters. The first-order valence-corrected chi connectivity index (χ1v) is 6.83. The van der Waals surface area contributed by atoms with E-state index in [4.69, 9.17) is 0 Å². The highest BCUT2D eigenvalue weighted by molar-refractivity contribution is 5.78. The van der Waals surface area contributed by atoms with Crippen LogP contribution >= 0.6 is 0 Å². The average Bonchev–Trinajstić information content (AvgIpc) is 2.41. The van der Waals surface area contributed by atoms with Crippen LogP contribution in [0.4, 0.5) is 4.39 Å². The number of hydrogen-bond acceptors (Lipinski definition) is 2. The van der Waals surface area contributed by atoms with Crippen molar-refractivity contribution in [1.82, 2.24) is 10.2 Å². The van der Waals surface area contributed by atoms with E-state index in [1.807, 2.05) is 0 Å². The molecule has 1 aromatic rings. The first-order chi connectivity index (χ1) is 9.13. The van der Waals surface area contributed by atoms with Crippen molar-refractivity contribution in [3.63, 3.8) is 0 Å². The predicted molar refractivity (Wildman–Crippen MR) is 73.3 cm³/mol. The van der Waals surface area contributed by atoms with Crippen LogP contribution in [0.25, 0.3) is 0 Å². The zero-order valence-corrected chi connectivity index (χ0v) is 11.4. The molecule has 3 nitrogen and oxygen atoms in total. The molecule has 1 aliphatic heterocycles. The normalized spacial score (nSPS) is 17.4. The van der Waals surface area contributed by atoms with E-state index in [-0.39, 0.29) is 11.7 Å². The van der Waals surface area contributed by atoms with Crippen LogP contribution in [0.3, 0.4) is 0 Å². The lowest BCUT2D eigenvalue weighted by molar-refractivity contribution is -0.120. The molecule has 1 N–H and O–H groups in total. The zero-order valence-electron chi connectivity index (χ0n) is 11.4. The minimum atomic E-state index is -0.268. The van der Waals surface area contributed by atoms with Crippen molar-refractivity contribution >= 4 is 5.91 Å². The summed E-state index contributed by atoms with van der Waals surface area (Å²) in [6.07, 6.45) is 2.62. The third kappa shape index (κ3) is 4.63. The van der Waals surface area contributed by atoms with Gasteiger partial charge in [0.1, 0.15) is 5.82 Å². The van der Waals surface area contributed by atoms with E-state index in [0.717, 1.165) is 38.0 Å². The van der Waals surface area contributed by atoms with Crippen LogP contribution in [-0.4, -0.2) is 37.5 Å². The highest BCUT2D eigenvalue weighted by Crippen LogP contribution is 2.14. The van der Waals surface area contributed by atoms with Gasteiger partial charge in [-0.25, -0.2) is 4.39 Å². The lowest BCUT2D eigenvalue weighted by Crippen LogP contribution is -2.37. The van der Waals surface area contributed by atoms with Crippen LogP contribution in [0.15, 0.2) is 24.3 Å². The number of carbonyl (C=O) groups is 1. The van der Waals surface area contributed by atoms with Gasteiger partial charge in [-0.2, -0.15) is 0 Å². The summed E-state index contributed by atoms with van der Waals surface area (Å²) in [5.41, 5.74) is 0.849.